The standard InChI is InChI=1S/C16H20F4O4/c1-8(2)6-23-13(22)4-9(3)12(21)7-24-16-14(19)10(17)5-11(18)15(16)20/h5,8-9,12,21H,4,6-7H2,1-3H3/t9-,12?/m0/s1. The van der Waals surface area contributed by atoms with Crippen LogP contribution >= 0.6 is 0 Å². The normalized spacial score (nSPS) is 13.7. The van der Waals surface area contributed by atoms with E-state index in [0.717, 1.165) is 0 Å². The van der Waals surface area contributed by atoms with Crippen LogP contribution in [0.2, 0.25) is 0 Å². The van der Waals surface area contributed by atoms with Crippen LogP contribution < -0.4 is 4.74 Å². The fraction of sp³-hybridized carbons (Fsp3) is 0.562. The van der Waals surface area contributed by atoms with Gasteiger partial charge < -0.3 is 14.6 Å². The molecule has 0 saturated carbocycles. The molecule has 1 aromatic rings. The van der Waals surface area contributed by atoms with Crippen LogP contribution in [0.3, 0.4) is 0 Å². The Kier molecular flexibility index (Phi) is 7.47. The quantitative estimate of drug-likeness (QED) is 0.443. The second-order valence-corrected chi connectivity index (χ2v) is 5.93. The summed E-state index contributed by atoms with van der Waals surface area (Å²) in [5.41, 5.74) is 0. The molecule has 1 N–H and O–H groups in total. The zero-order valence-corrected chi connectivity index (χ0v) is 13.6. The predicted molar refractivity (Wildman–Crippen MR) is 77.4 cm³/mol. The lowest BCUT2D eigenvalue weighted by atomic mass is 10.0. The van der Waals surface area contributed by atoms with Crippen LogP contribution in [0.25, 0.3) is 0 Å². The number of halogens is 4. The topological polar surface area (TPSA) is 55.8 Å². The minimum atomic E-state index is -1.69. The van der Waals surface area contributed by atoms with Gasteiger partial charge in [-0.25, -0.2) is 8.78 Å². The Hall–Kier alpha value is -1.83. The Morgan fingerprint density at radius 3 is 2.12 bits per heavy atom. The van der Waals surface area contributed by atoms with E-state index in [1.807, 2.05) is 13.8 Å². The molecule has 0 saturated heterocycles. The molecule has 0 aliphatic rings. The summed E-state index contributed by atoms with van der Waals surface area (Å²) in [7, 11) is 0. The molecule has 0 heterocycles. The van der Waals surface area contributed by atoms with Crippen molar-refractivity contribution in [1.82, 2.24) is 0 Å². The Labute approximate surface area is 137 Å². The molecule has 4 nitrogen and oxygen atoms in total. The van der Waals surface area contributed by atoms with E-state index in [0.29, 0.717) is 0 Å². The van der Waals surface area contributed by atoms with Gasteiger partial charge in [0.25, 0.3) is 0 Å². The third-order valence-electron chi connectivity index (χ3n) is 3.19. The van der Waals surface area contributed by atoms with Gasteiger partial charge in [0.05, 0.1) is 19.1 Å². The summed E-state index contributed by atoms with van der Waals surface area (Å²) in [6.45, 7) is 4.82. The highest BCUT2D eigenvalue weighted by atomic mass is 19.2. The summed E-state index contributed by atoms with van der Waals surface area (Å²) in [6.07, 6.45) is -1.43. The SMILES string of the molecule is CC(C)COC(=O)C[C@H](C)C(O)COc1c(F)c(F)cc(F)c1F. The maximum absolute atomic E-state index is 13.4. The highest BCUT2D eigenvalue weighted by molar-refractivity contribution is 5.69. The van der Waals surface area contributed by atoms with Gasteiger partial charge in [0.1, 0.15) is 6.61 Å². The Bertz CT molecular complexity index is 551. The number of carbonyl (C=O) groups excluding carboxylic acids is 1. The maximum Gasteiger partial charge on any atom is 0.306 e. The third kappa shape index (κ3) is 5.67. The highest BCUT2D eigenvalue weighted by Gasteiger charge is 2.24. The van der Waals surface area contributed by atoms with Crippen molar-refractivity contribution in [2.45, 2.75) is 33.3 Å². The second-order valence-electron chi connectivity index (χ2n) is 5.93. The number of rotatable bonds is 8. The fourth-order valence-corrected chi connectivity index (χ4v) is 1.73. The second kappa shape index (κ2) is 8.86. The Morgan fingerprint density at radius 1 is 1.08 bits per heavy atom. The molecule has 0 bridgehead atoms. The monoisotopic (exact) mass is 352 g/mol. The predicted octanol–water partition coefficient (Wildman–Crippen LogP) is 3.21. The molecule has 0 spiro atoms. The van der Waals surface area contributed by atoms with Crippen LogP contribution in [-0.2, 0) is 9.53 Å². The number of aliphatic hydroxyl groups excluding tert-OH is 1. The van der Waals surface area contributed by atoms with E-state index in [4.69, 9.17) is 4.74 Å². The van der Waals surface area contributed by atoms with Crippen molar-refractivity contribution in [2.75, 3.05) is 13.2 Å². The van der Waals surface area contributed by atoms with Crippen LogP contribution in [0.5, 0.6) is 5.75 Å². The molecule has 2 atom stereocenters. The number of carbonyl (C=O) groups is 1. The van der Waals surface area contributed by atoms with Crippen LogP contribution in [0, 0.1) is 35.1 Å². The number of hydrogen-bond acceptors (Lipinski definition) is 4. The summed E-state index contributed by atoms with van der Waals surface area (Å²) in [5.74, 6) is -8.87. The molecule has 24 heavy (non-hydrogen) atoms. The molecule has 8 heteroatoms. The Balaban J connectivity index is 2.60. The van der Waals surface area contributed by atoms with Crippen molar-refractivity contribution in [3.63, 3.8) is 0 Å². The van der Waals surface area contributed by atoms with Gasteiger partial charge >= 0.3 is 5.97 Å². The molecule has 1 rings (SSSR count). The summed E-state index contributed by atoms with van der Waals surface area (Å²) < 4.78 is 62.5. The van der Waals surface area contributed by atoms with Crippen LogP contribution in [-0.4, -0.2) is 30.4 Å². The average molecular weight is 352 g/mol. The maximum atomic E-state index is 13.4. The van der Waals surface area contributed by atoms with E-state index in [-0.39, 0.29) is 25.0 Å². The number of benzene rings is 1. The largest absolute Gasteiger partial charge is 0.485 e. The molecular formula is C16H20F4O4. The van der Waals surface area contributed by atoms with Crippen molar-refractivity contribution in [3.05, 3.63) is 29.3 Å². The first kappa shape index (κ1) is 20.2. The van der Waals surface area contributed by atoms with E-state index < -0.39 is 53.6 Å². The van der Waals surface area contributed by atoms with Crippen molar-refractivity contribution in [2.24, 2.45) is 11.8 Å². The fourth-order valence-electron chi connectivity index (χ4n) is 1.73. The first-order valence-electron chi connectivity index (χ1n) is 7.42. The van der Waals surface area contributed by atoms with Gasteiger partial charge in [-0.2, -0.15) is 8.78 Å². The van der Waals surface area contributed by atoms with E-state index in [9.17, 15) is 27.5 Å². The number of ether oxygens (including phenoxy) is 2. The van der Waals surface area contributed by atoms with Gasteiger partial charge in [0.15, 0.2) is 17.4 Å². The van der Waals surface area contributed by atoms with Gasteiger partial charge in [-0.15, -0.1) is 0 Å². The van der Waals surface area contributed by atoms with E-state index in [1.54, 1.807) is 0 Å². The van der Waals surface area contributed by atoms with Crippen molar-refractivity contribution >= 4 is 5.97 Å². The summed E-state index contributed by atoms with van der Waals surface area (Å²) in [5, 5.41) is 9.86. The smallest absolute Gasteiger partial charge is 0.306 e. The van der Waals surface area contributed by atoms with E-state index in [2.05, 4.69) is 4.74 Å². The van der Waals surface area contributed by atoms with E-state index >= 15 is 0 Å². The van der Waals surface area contributed by atoms with Gasteiger partial charge in [0.2, 0.25) is 11.6 Å². The molecule has 0 fully saturated rings. The summed E-state index contributed by atoms with van der Waals surface area (Å²) in [6, 6.07) is 0.0569. The number of hydrogen-bond donors (Lipinski definition) is 1. The minimum absolute atomic E-state index is 0.0569. The molecule has 0 aromatic heterocycles. The minimum Gasteiger partial charge on any atom is -0.485 e. The van der Waals surface area contributed by atoms with Gasteiger partial charge in [-0.05, 0) is 11.8 Å². The molecule has 0 amide bonds. The number of esters is 1. The van der Waals surface area contributed by atoms with Crippen LogP contribution in [0.1, 0.15) is 27.2 Å². The molecule has 0 aliphatic heterocycles. The zero-order valence-electron chi connectivity index (χ0n) is 13.6. The molecule has 0 aliphatic carbocycles. The molecule has 136 valence electrons. The first-order valence-corrected chi connectivity index (χ1v) is 7.42. The zero-order chi connectivity index (χ0) is 18.4. The van der Waals surface area contributed by atoms with Gasteiger partial charge in [-0.1, -0.05) is 20.8 Å². The Morgan fingerprint density at radius 2 is 1.62 bits per heavy atom. The van der Waals surface area contributed by atoms with Gasteiger partial charge in [0, 0.05) is 6.07 Å². The summed E-state index contributed by atoms with van der Waals surface area (Å²) >= 11 is 0. The van der Waals surface area contributed by atoms with Crippen molar-refractivity contribution in [1.29, 1.82) is 0 Å². The highest BCUT2D eigenvalue weighted by Crippen LogP contribution is 2.27. The van der Waals surface area contributed by atoms with E-state index in [1.165, 1.54) is 6.92 Å². The molecule has 0 radical (unpaired) electrons. The first-order chi connectivity index (χ1) is 11.1. The summed E-state index contributed by atoms with van der Waals surface area (Å²) in [4.78, 5) is 11.5. The van der Waals surface area contributed by atoms with Gasteiger partial charge in [-0.3, -0.25) is 4.79 Å². The van der Waals surface area contributed by atoms with Crippen LogP contribution in [0.4, 0.5) is 17.6 Å². The average Bonchev–Trinajstić information content (AvgIpc) is 2.50. The third-order valence-corrected chi connectivity index (χ3v) is 3.19. The lowest BCUT2D eigenvalue weighted by Crippen LogP contribution is -2.28. The molecular weight excluding hydrogens is 332 g/mol. The van der Waals surface area contributed by atoms with Crippen LogP contribution in [0.15, 0.2) is 6.07 Å². The molecule has 1 aromatic carbocycles. The lowest BCUT2D eigenvalue weighted by Gasteiger charge is -2.19. The lowest BCUT2D eigenvalue weighted by molar-refractivity contribution is -0.146. The van der Waals surface area contributed by atoms with Crippen molar-refractivity contribution in [3.8, 4) is 5.75 Å². The number of aliphatic hydroxyl groups is 1. The van der Waals surface area contributed by atoms with Crippen molar-refractivity contribution < 1.29 is 36.9 Å². The molecule has 1 unspecified atom stereocenters.